The quantitative estimate of drug-likeness (QED) is 0.443. The molecule has 14 heavy (non-hydrogen) atoms. The van der Waals surface area contributed by atoms with Gasteiger partial charge in [-0.3, -0.25) is 0 Å². The highest BCUT2D eigenvalue weighted by atomic mass is 19.1. The molecule has 0 aliphatic rings. The van der Waals surface area contributed by atoms with Crippen LogP contribution in [0.15, 0.2) is 24.3 Å². The molecule has 0 aliphatic carbocycles. The van der Waals surface area contributed by atoms with E-state index in [-0.39, 0.29) is 0 Å². The molecule has 3 nitrogen and oxygen atoms in total. The molecular weight excluding hydrogens is 185 g/mol. The summed E-state index contributed by atoms with van der Waals surface area (Å²) in [4.78, 5) is 10.7. The Balaban J connectivity index is 2.90. The van der Waals surface area contributed by atoms with Crippen molar-refractivity contribution in [2.75, 3.05) is 12.8 Å². The lowest BCUT2D eigenvalue weighted by Gasteiger charge is -1.99. The lowest BCUT2D eigenvalue weighted by atomic mass is 10.1. The van der Waals surface area contributed by atoms with Crippen molar-refractivity contribution in [2.24, 2.45) is 0 Å². The van der Waals surface area contributed by atoms with Crippen LogP contribution in [0.2, 0.25) is 0 Å². The fraction of sp³-hybridized carbons (Fsp3) is 0.100. The molecule has 0 unspecified atom stereocenters. The molecule has 4 heteroatoms. The topological polar surface area (TPSA) is 52.3 Å². The standard InChI is InChI=1S/C10H10FNO2/c1-14-10(13)5-2-7-6-8(11)3-4-9(7)12/h2-6H,12H2,1H3/b5-2+. The van der Waals surface area contributed by atoms with Crippen molar-refractivity contribution in [3.63, 3.8) is 0 Å². The molecule has 0 amide bonds. The van der Waals surface area contributed by atoms with Gasteiger partial charge in [-0.1, -0.05) is 0 Å². The van der Waals surface area contributed by atoms with Crippen molar-refractivity contribution in [1.82, 2.24) is 0 Å². The van der Waals surface area contributed by atoms with Crippen LogP contribution in [-0.4, -0.2) is 13.1 Å². The second-order valence-electron chi connectivity index (χ2n) is 2.63. The van der Waals surface area contributed by atoms with E-state index in [9.17, 15) is 9.18 Å². The lowest BCUT2D eigenvalue weighted by Crippen LogP contribution is -1.95. The number of rotatable bonds is 2. The zero-order valence-corrected chi connectivity index (χ0v) is 7.66. The Morgan fingerprint density at radius 3 is 2.93 bits per heavy atom. The highest BCUT2D eigenvalue weighted by molar-refractivity contribution is 5.88. The van der Waals surface area contributed by atoms with Crippen LogP contribution < -0.4 is 5.73 Å². The van der Waals surface area contributed by atoms with Gasteiger partial charge in [-0.15, -0.1) is 0 Å². The molecule has 0 heterocycles. The summed E-state index contributed by atoms with van der Waals surface area (Å²) < 4.78 is 17.1. The molecule has 0 saturated heterocycles. The van der Waals surface area contributed by atoms with Gasteiger partial charge in [0.15, 0.2) is 0 Å². The molecule has 0 fully saturated rings. The van der Waals surface area contributed by atoms with Crippen molar-refractivity contribution in [3.05, 3.63) is 35.7 Å². The first kappa shape index (κ1) is 10.2. The SMILES string of the molecule is COC(=O)/C=C/c1cc(F)ccc1N. The Morgan fingerprint density at radius 2 is 2.29 bits per heavy atom. The van der Waals surface area contributed by atoms with Crippen molar-refractivity contribution in [2.45, 2.75) is 0 Å². The first-order valence-corrected chi connectivity index (χ1v) is 3.94. The number of ether oxygens (including phenoxy) is 1. The van der Waals surface area contributed by atoms with Gasteiger partial charge in [-0.05, 0) is 24.3 Å². The van der Waals surface area contributed by atoms with E-state index in [2.05, 4.69) is 4.74 Å². The summed E-state index contributed by atoms with van der Waals surface area (Å²) in [6, 6.07) is 3.94. The number of esters is 1. The van der Waals surface area contributed by atoms with Crippen LogP contribution in [0, 0.1) is 5.82 Å². The summed E-state index contributed by atoms with van der Waals surface area (Å²) in [7, 11) is 1.27. The first-order valence-electron chi connectivity index (χ1n) is 3.94. The van der Waals surface area contributed by atoms with E-state index in [0.717, 1.165) is 0 Å². The highest BCUT2D eigenvalue weighted by Crippen LogP contribution is 2.14. The molecule has 0 bridgehead atoms. The van der Waals surface area contributed by atoms with Crippen LogP contribution in [0.1, 0.15) is 5.56 Å². The minimum Gasteiger partial charge on any atom is -0.466 e. The number of halogens is 1. The third-order valence-electron chi connectivity index (χ3n) is 1.65. The van der Waals surface area contributed by atoms with Crippen LogP contribution >= 0.6 is 0 Å². The Bertz CT molecular complexity index is 374. The number of hydrogen-bond donors (Lipinski definition) is 1. The van der Waals surface area contributed by atoms with Gasteiger partial charge < -0.3 is 10.5 Å². The first-order chi connectivity index (χ1) is 6.63. The highest BCUT2D eigenvalue weighted by Gasteiger charge is 1.98. The van der Waals surface area contributed by atoms with Crippen LogP contribution in [0.3, 0.4) is 0 Å². The zero-order chi connectivity index (χ0) is 10.6. The van der Waals surface area contributed by atoms with E-state index < -0.39 is 11.8 Å². The molecule has 0 atom stereocenters. The van der Waals surface area contributed by atoms with E-state index >= 15 is 0 Å². The number of hydrogen-bond acceptors (Lipinski definition) is 3. The number of benzene rings is 1. The predicted molar refractivity (Wildman–Crippen MR) is 51.9 cm³/mol. The third kappa shape index (κ3) is 2.58. The van der Waals surface area contributed by atoms with Gasteiger partial charge in [0, 0.05) is 17.3 Å². The molecule has 1 aromatic rings. The third-order valence-corrected chi connectivity index (χ3v) is 1.65. The largest absolute Gasteiger partial charge is 0.466 e. The summed E-state index contributed by atoms with van der Waals surface area (Å²) in [5.41, 5.74) is 6.41. The Hall–Kier alpha value is -1.84. The second-order valence-corrected chi connectivity index (χ2v) is 2.63. The van der Waals surface area contributed by atoms with E-state index in [0.29, 0.717) is 11.3 Å². The van der Waals surface area contributed by atoms with Crippen molar-refractivity contribution >= 4 is 17.7 Å². The van der Waals surface area contributed by atoms with E-state index in [4.69, 9.17) is 5.73 Å². The Labute approximate surface area is 81.0 Å². The maximum atomic E-state index is 12.7. The maximum absolute atomic E-state index is 12.7. The van der Waals surface area contributed by atoms with Crippen LogP contribution in [0.4, 0.5) is 10.1 Å². The van der Waals surface area contributed by atoms with Gasteiger partial charge in [0.25, 0.3) is 0 Å². The average molecular weight is 195 g/mol. The number of nitrogen functional groups attached to an aromatic ring is 1. The monoisotopic (exact) mass is 195 g/mol. The molecule has 1 rings (SSSR count). The van der Waals surface area contributed by atoms with Gasteiger partial charge in [0.1, 0.15) is 5.82 Å². The predicted octanol–water partition coefficient (Wildman–Crippen LogP) is 1.59. The molecule has 0 aliphatic heterocycles. The molecule has 0 aromatic heterocycles. The number of carbonyl (C=O) groups is 1. The summed E-state index contributed by atoms with van der Waals surface area (Å²) in [6.07, 6.45) is 2.59. The molecule has 74 valence electrons. The van der Waals surface area contributed by atoms with Crippen molar-refractivity contribution in [3.8, 4) is 0 Å². The van der Waals surface area contributed by atoms with E-state index in [1.807, 2.05) is 0 Å². The lowest BCUT2D eigenvalue weighted by molar-refractivity contribution is -0.134. The van der Waals surface area contributed by atoms with Gasteiger partial charge in [-0.2, -0.15) is 0 Å². The fourth-order valence-electron chi connectivity index (χ4n) is 0.916. The summed E-state index contributed by atoms with van der Waals surface area (Å²) in [5, 5.41) is 0. The molecule has 1 aromatic carbocycles. The normalized spacial score (nSPS) is 10.4. The molecule has 0 saturated carbocycles. The minimum atomic E-state index is -0.506. The Kier molecular flexibility index (Phi) is 3.23. The number of anilines is 1. The van der Waals surface area contributed by atoms with E-state index in [1.54, 1.807) is 0 Å². The summed E-state index contributed by atoms with van der Waals surface area (Å²) >= 11 is 0. The Morgan fingerprint density at radius 1 is 1.57 bits per heavy atom. The number of methoxy groups -OCH3 is 1. The number of carbonyl (C=O) groups excluding carboxylic acids is 1. The van der Waals surface area contributed by atoms with Crippen molar-refractivity contribution < 1.29 is 13.9 Å². The molecule has 0 radical (unpaired) electrons. The van der Waals surface area contributed by atoms with Gasteiger partial charge >= 0.3 is 5.97 Å². The van der Waals surface area contributed by atoms with Gasteiger partial charge in [0.2, 0.25) is 0 Å². The molecule has 0 spiro atoms. The van der Waals surface area contributed by atoms with Crippen LogP contribution in [-0.2, 0) is 9.53 Å². The smallest absolute Gasteiger partial charge is 0.330 e. The zero-order valence-electron chi connectivity index (χ0n) is 7.66. The van der Waals surface area contributed by atoms with Gasteiger partial charge in [-0.25, -0.2) is 9.18 Å². The summed E-state index contributed by atoms with van der Waals surface area (Å²) in [5.74, 6) is -0.905. The minimum absolute atomic E-state index is 0.399. The molecular formula is C10H10FNO2. The number of nitrogens with two attached hydrogens (primary N) is 1. The fourth-order valence-corrected chi connectivity index (χ4v) is 0.916. The average Bonchev–Trinajstić information content (AvgIpc) is 2.19. The van der Waals surface area contributed by atoms with Gasteiger partial charge in [0.05, 0.1) is 7.11 Å². The maximum Gasteiger partial charge on any atom is 0.330 e. The summed E-state index contributed by atoms with van der Waals surface area (Å²) in [6.45, 7) is 0. The van der Waals surface area contributed by atoms with Crippen LogP contribution in [0.5, 0.6) is 0 Å². The van der Waals surface area contributed by atoms with Crippen LogP contribution in [0.25, 0.3) is 6.08 Å². The second kappa shape index (κ2) is 4.41. The molecule has 2 N–H and O–H groups in total. The van der Waals surface area contributed by atoms with E-state index in [1.165, 1.54) is 37.5 Å². The van der Waals surface area contributed by atoms with Crippen molar-refractivity contribution in [1.29, 1.82) is 0 Å².